The summed E-state index contributed by atoms with van der Waals surface area (Å²) in [6.07, 6.45) is 8.28. The second-order valence-corrected chi connectivity index (χ2v) is 8.87. The summed E-state index contributed by atoms with van der Waals surface area (Å²) in [5, 5.41) is 0. The maximum Gasteiger partial charge on any atom is 0.175 e. The van der Waals surface area contributed by atoms with Crippen molar-refractivity contribution < 1.29 is 4.79 Å². The van der Waals surface area contributed by atoms with Crippen LogP contribution in [-0.4, -0.2) is 36.4 Å². The lowest BCUT2D eigenvalue weighted by Gasteiger charge is -2.33. The smallest absolute Gasteiger partial charge is 0.175 e. The molecule has 2 fully saturated rings. The van der Waals surface area contributed by atoms with Crippen molar-refractivity contribution in [1.29, 1.82) is 0 Å². The van der Waals surface area contributed by atoms with Crippen molar-refractivity contribution in [2.75, 3.05) is 19.6 Å². The molecule has 1 aliphatic carbocycles. The van der Waals surface area contributed by atoms with Crippen molar-refractivity contribution in [3.05, 3.63) is 21.3 Å². The first-order valence-electron chi connectivity index (χ1n) is 8.89. The van der Waals surface area contributed by atoms with Crippen LogP contribution < -0.4 is 5.73 Å². The quantitative estimate of drug-likeness (QED) is 0.669. The minimum atomic E-state index is 0. The molecule has 0 spiro atoms. The Labute approximate surface area is 172 Å². The number of nitrogens with zero attached hydrogens (tertiary/aromatic N) is 1. The third-order valence-electron chi connectivity index (χ3n) is 5.52. The molecule has 1 aromatic rings. The number of likely N-dealkylation sites (tertiary alicyclic amines) is 1. The van der Waals surface area contributed by atoms with Crippen LogP contribution in [0.3, 0.4) is 0 Å². The fourth-order valence-corrected chi connectivity index (χ4v) is 4.97. The van der Waals surface area contributed by atoms with Crippen molar-refractivity contribution in [3.8, 4) is 0 Å². The lowest BCUT2D eigenvalue weighted by molar-refractivity contribution is 0.0837. The zero-order valence-corrected chi connectivity index (χ0v) is 17.7. The minimum Gasteiger partial charge on any atom is -0.328 e. The fourth-order valence-electron chi connectivity index (χ4n) is 3.91. The number of nitrogens with two attached hydrogens (primary N) is 1. The Morgan fingerprint density at radius 2 is 1.76 bits per heavy atom. The Kier molecular flexibility index (Phi) is 10.3. The van der Waals surface area contributed by atoms with E-state index in [1.807, 2.05) is 12.1 Å². The second kappa shape index (κ2) is 11.1. The van der Waals surface area contributed by atoms with Gasteiger partial charge in [0.05, 0.1) is 9.21 Å². The Bertz CT molecular complexity index is 524. The van der Waals surface area contributed by atoms with Gasteiger partial charge in [-0.3, -0.25) is 4.79 Å². The molecule has 1 aromatic heterocycles. The van der Waals surface area contributed by atoms with Crippen LogP contribution in [0.15, 0.2) is 12.1 Å². The number of rotatable bonds is 5. The summed E-state index contributed by atoms with van der Waals surface area (Å²) < 4.78 is 0.706. The van der Waals surface area contributed by atoms with Gasteiger partial charge >= 0.3 is 0 Å². The van der Waals surface area contributed by atoms with E-state index in [0.29, 0.717) is 16.2 Å². The van der Waals surface area contributed by atoms with E-state index in [-0.39, 0.29) is 30.7 Å². The highest BCUT2D eigenvalue weighted by atomic mass is 35.5. The molecule has 1 saturated carbocycles. The topological polar surface area (TPSA) is 46.3 Å². The predicted octanol–water partition coefficient (Wildman–Crippen LogP) is 5.05. The summed E-state index contributed by atoms with van der Waals surface area (Å²) >= 11 is 7.35. The molecule has 1 aliphatic heterocycles. The van der Waals surface area contributed by atoms with E-state index in [9.17, 15) is 4.79 Å². The molecule has 1 saturated heterocycles. The van der Waals surface area contributed by atoms with E-state index in [0.717, 1.165) is 36.7 Å². The van der Waals surface area contributed by atoms with E-state index in [4.69, 9.17) is 17.3 Å². The lowest BCUT2D eigenvalue weighted by Crippen LogP contribution is -2.37. The van der Waals surface area contributed by atoms with Crippen LogP contribution in [0, 0.1) is 11.8 Å². The summed E-state index contributed by atoms with van der Waals surface area (Å²) in [6.45, 7) is 3.30. The summed E-state index contributed by atoms with van der Waals surface area (Å²) in [5.74, 6) is 1.35. The molecule has 2 aliphatic rings. The van der Waals surface area contributed by atoms with E-state index >= 15 is 0 Å². The van der Waals surface area contributed by atoms with Gasteiger partial charge in [-0.15, -0.1) is 36.2 Å². The molecule has 3 nitrogen and oxygen atoms in total. The van der Waals surface area contributed by atoms with E-state index in [1.165, 1.54) is 50.0 Å². The molecule has 0 aromatic carbocycles. The first kappa shape index (κ1) is 23.2. The van der Waals surface area contributed by atoms with Gasteiger partial charge in [-0.05, 0) is 82.6 Å². The van der Waals surface area contributed by atoms with E-state index in [1.54, 1.807) is 0 Å². The molecule has 3 rings (SSSR count). The largest absolute Gasteiger partial charge is 0.328 e. The van der Waals surface area contributed by atoms with Gasteiger partial charge in [0.1, 0.15) is 0 Å². The molecule has 2 N–H and O–H groups in total. The third-order valence-corrected chi connectivity index (χ3v) is 6.77. The highest BCUT2D eigenvalue weighted by Crippen LogP contribution is 2.29. The molecule has 0 atom stereocenters. The number of hydrogen-bond donors (Lipinski definition) is 1. The van der Waals surface area contributed by atoms with Crippen LogP contribution in [-0.2, 0) is 0 Å². The molecular formula is C18H29Cl3N2OS. The number of carbonyl (C=O) groups is 1. The molecule has 0 radical (unpaired) electrons. The van der Waals surface area contributed by atoms with Gasteiger partial charge in [0.25, 0.3) is 0 Å². The Balaban J connectivity index is 0.00000156. The predicted molar refractivity (Wildman–Crippen MR) is 112 cm³/mol. The van der Waals surface area contributed by atoms with Crippen LogP contribution in [0.5, 0.6) is 0 Å². The molecule has 0 unspecified atom stereocenters. The van der Waals surface area contributed by atoms with Gasteiger partial charge in [0.2, 0.25) is 0 Å². The number of ketones is 1. The van der Waals surface area contributed by atoms with Crippen LogP contribution in [0.4, 0.5) is 0 Å². The van der Waals surface area contributed by atoms with Gasteiger partial charge in [0, 0.05) is 12.0 Å². The first-order chi connectivity index (χ1) is 11.1. The fraction of sp³-hybridized carbons (Fsp3) is 0.722. The monoisotopic (exact) mass is 426 g/mol. The Morgan fingerprint density at radius 3 is 2.32 bits per heavy atom. The zero-order valence-electron chi connectivity index (χ0n) is 14.5. The average Bonchev–Trinajstić information content (AvgIpc) is 3.01. The van der Waals surface area contributed by atoms with Gasteiger partial charge in [-0.1, -0.05) is 11.6 Å². The van der Waals surface area contributed by atoms with E-state index < -0.39 is 0 Å². The Hall–Kier alpha value is 0.160. The molecule has 2 heterocycles. The first-order valence-corrected chi connectivity index (χ1v) is 10.1. The number of Topliss-reactive ketones (excluding diaryl/α,β-unsaturated/α-hetero) is 1. The van der Waals surface area contributed by atoms with Crippen molar-refractivity contribution in [3.63, 3.8) is 0 Å². The standard InChI is InChI=1S/C18H27ClN2OS.2ClH/c19-17-6-5-16(23-17)18(22)14-8-11-21(12-9-14)10-7-13-1-3-15(20)4-2-13;;/h5-6,13-15H,1-4,7-12,20H2;2*1H/t13-,15-;;. The van der Waals surface area contributed by atoms with Gasteiger partial charge in [-0.25, -0.2) is 0 Å². The van der Waals surface area contributed by atoms with Gasteiger partial charge in [0.15, 0.2) is 5.78 Å². The highest BCUT2D eigenvalue weighted by Gasteiger charge is 2.27. The molecule has 144 valence electrons. The van der Waals surface area contributed by atoms with E-state index in [2.05, 4.69) is 4.90 Å². The number of thiophene rings is 1. The van der Waals surface area contributed by atoms with Crippen LogP contribution >= 0.6 is 47.8 Å². The van der Waals surface area contributed by atoms with Gasteiger partial charge in [-0.2, -0.15) is 0 Å². The average molecular weight is 428 g/mol. The highest BCUT2D eigenvalue weighted by molar-refractivity contribution is 7.18. The summed E-state index contributed by atoms with van der Waals surface area (Å²) in [5.41, 5.74) is 5.98. The van der Waals surface area contributed by atoms with Crippen LogP contribution in [0.1, 0.15) is 54.6 Å². The molecular weight excluding hydrogens is 399 g/mol. The number of piperidine rings is 1. The number of halogens is 3. The lowest BCUT2D eigenvalue weighted by atomic mass is 9.84. The maximum atomic E-state index is 12.5. The summed E-state index contributed by atoms with van der Waals surface area (Å²) in [7, 11) is 0. The SMILES string of the molecule is Cl.Cl.N[C@H]1CC[C@H](CCN2CCC(C(=O)c3ccc(Cl)s3)CC2)CC1. The van der Waals surface area contributed by atoms with Crippen molar-refractivity contribution in [2.45, 2.75) is 51.0 Å². The third kappa shape index (κ3) is 6.67. The number of hydrogen-bond acceptors (Lipinski definition) is 4. The zero-order chi connectivity index (χ0) is 16.2. The maximum absolute atomic E-state index is 12.5. The molecule has 0 bridgehead atoms. The van der Waals surface area contributed by atoms with Crippen molar-refractivity contribution in [1.82, 2.24) is 4.90 Å². The second-order valence-electron chi connectivity index (χ2n) is 7.15. The van der Waals surface area contributed by atoms with Crippen LogP contribution in [0.25, 0.3) is 0 Å². The van der Waals surface area contributed by atoms with Crippen molar-refractivity contribution in [2.24, 2.45) is 17.6 Å². The normalized spacial score (nSPS) is 25.0. The molecule has 25 heavy (non-hydrogen) atoms. The molecule has 0 amide bonds. The summed E-state index contributed by atoms with van der Waals surface area (Å²) in [4.78, 5) is 15.8. The minimum absolute atomic E-state index is 0. The number of carbonyl (C=O) groups excluding carboxylic acids is 1. The van der Waals surface area contributed by atoms with Gasteiger partial charge < -0.3 is 10.6 Å². The summed E-state index contributed by atoms with van der Waals surface area (Å²) in [6, 6.07) is 4.14. The Morgan fingerprint density at radius 1 is 1.12 bits per heavy atom. The van der Waals surface area contributed by atoms with Crippen molar-refractivity contribution >= 4 is 53.5 Å². The molecule has 7 heteroatoms. The van der Waals surface area contributed by atoms with Crippen LogP contribution in [0.2, 0.25) is 4.34 Å².